The Morgan fingerprint density at radius 2 is 1.73 bits per heavy atom. The summed E-state index contributed by atoms with van der Waals surface area (Å²) in [6.07, 6.45) is 0. The number of halogens is 1. The van der Waals surface area contributed by atoms with Crippen molar-refractivity contribution in [3.05, 3.63) is 47.6 Å². The van der Waals surface area contributed by atoms with Gasteiger partial charge in [-0.3, -0.25) is 4.99 Å². The predicted octanol–water partition coefficient (Wildman–Crippen LogP) is 3.63. The van der Waals surface area contributed by atoms with Crippen LogP contribution in [0.1, 0.15) is 51.9 Å². The summed E-state index contributed by atoms with van der Waals surface area (Å²) >= 11 is 0. The molecule has 0 atom stereocenters. The first-order valence-electron chi connectivity index (χ1n) is 8.55. The van der Waals surface area contributed by atoms with Gasteiger partial charge in [0.15, 0.2) is 11.8 Å². The summed E-state index contributed by atoms with van der Waals surface area (Å²) in [5, 5.41) is 10.6. The molecule has 1 aromatic heterocycles. The van der Waals surface area contributed by atoms with Crippen molar-refractivity contribution in [3.8, 4) is 0 Å². The highest BCUT2D eigenvalue weighted by atomic mass is 127. The average molecular weight is 471 g/mol. The van der Waals surface area contributed by atoms with Gasteiger partial charge in [0.1, 0.15) is 0 Å². The highest BCUT2D eigenvalue weighted by Gasteiger charge is 2.22. The first kappa shape index (κ1) is 22.4. The maximum atomic E-state index is 5.31. The number of hydrogen-bond acceptors (Lipinski definition) is 4. The van der Waals surface area contributed by atoms with Crippen molar-refractivity contribution >= 4 is 29.9 Å². The third kappa shape index (κ3) is 6.26. The van der Waals surface area contributed by atoms with Crippen LogP contribution in [0.5, 0.6) is 0 Å². The minimum absolute atomic E-state index is 0. The van der Waals surface area contributed by atoms with E-state index in [2.05, 4.69) is 63.9 Å². The Morgan fingerprint density at radius 3 is 2.27 bits per heavy atom. The normalized spacial score (nSPS) is 12.5. The zero-order valence-corrected chi connectivity index (χ0v) is 18.8. The van der Waals surface area contributed by atoms with Gasteiger partial charge >= 0.3 is 0 Å². The zero-order chi connectivity index (χ0) is 18.5. The maximum absolute atomic E-state index is 5.31. The van der Waals surface area contributed by atoms with Crippen LogP contribution >= 0.6 is 24.0 Å². The molecule has 0 amide bonds. The third-order valence-corrected chi connectivity index (χ3v) is 4.00. The second-order valence-electron chi connectivity index (χ2n) is 7.79. The molecule has 0 aliphatic heterocycles. The second-order valence-corrected chi connectivity index (χ2v) is 7.79. The molecule has 0 aliphatic carbocycles. The Bertz CT molecular complexity index is 704. The molecule has 2 N–H and O–H groups in total. The fraction of sp³-hybridized carbons (Fsp3) is 0.526. The van der Waals surface area contributed by atoms with Crippen LogP contribution in [-0.4, -0.2) is 29.7 Å². The first-order chi connectivity index (χ1) is 11.7. The van der Waals surface area contributed by atoms with Crippen LogP contribution in [0.25, 0.3) is 0 Å². The smallest absolute Gasteiger partial charge is 0.232 e. The van der Waals surface area contributed by atoms with Crippen molar-refractivity contribution in [2.75, 3.05) is 13.6 Å². The zero-order valence-electron chi connectivity index (χ0n) is 16.5. The van der Waals surface area contributed by atoms with E-state index < -0.39 is 0 Å². The molecule has 0 unspecified atom stereocenters. The molecule has 0 saturated carbocycles. The molecule has 26 heavy (non-hydrogen) atoms. The third-order valence-electron chi connectivity index (χ3n) is 4.00. The van der Waals surface area contributed by atoms with E-state index in [1.807, 2.05) is 26.8 Å². The molecule has 0 radical (unpaired) electrons. The van der Waals surface area contributed by atoms with Crippen LogP contribution in [0.2, 0.25) is 0 Å². The fourth-order valence-corrected chi connectivity index (χ4v) is 2.31. The SMILES string of the molecule is CN=C(NCc1noc(C(C)(C)C)n1)NCC(C)(C)c1ccccc1.I. The Hall–Kier alpha value is -1.64. The molecule has 144 valence electrons. The number of guanidine groups is 1. The van der Waals surface area contributed by atoms with Gasteiger partial charge in [0.2, 0.25) is 5.89 Å². The van der Waals surface area contributed by atoms with E-state index in [4.69, 9.17) is 4.52 Å². The van der Waals surface area contributed by atoms with Crippen molar-refractivity contribution in [3.63, 3.8) is 0 Å². The molecule has 0 saturated heterocycles. The van der Waals surface area contributed by atoms with E-state index in [1.54, 1.807) is 7.05 Å². The lowest BCUT2D eigenvalue weighted by atomic mass is 9.85. The molecule has 0 aliphatic rings. The number of aliphatic imine (C=N–C) groups is 1. The van der Waals surface area contributed by atoms with E-state index in [9.17, 15) is 0 Å². The standard InChI is InChI=1S/C19H29N5O.HI/c1-18(2,3)16-23-15(24-25-16)12-21-17(20-6)22-13-19(4,5)14-10-8-7-9-11-14;/h7-11H,12-13H2,1-6H3,(H2,20,21,22);1H. The number of nitrogens with zero attached hydrogens (tertiary/aromatic N) is 3. The highest BCUT2D eigenvalue weighted by molar-refractivity contribution is 14.0. The molecule has 7 heteroatoms. The minimum atomic E-state index is -0.148. The molecule has 1 heterocycles. The van der Waals surface area contributed by atoms with Crippen LogP contribution in [0.4, 0.5) is 0 Å². The number of rotatable bonds is 5. The van der Waals surface area contributed by atoms with E-state index in [0.717, 1.165) is 6.54 Å². The van der Waals surface area contributed by atoms with Crippen molar-refractivity contribution in [2.45, 2.75) is 52.0 Å². The largest absolute Gasteiger partial charge is 0.356 e. The lowest BCUT2D eigenvalue weighted by Gasteiger charge is -2.26. The van der Waals surface area contributed by atoms with Gasteiger partial charge < -0.3 is 15.2 Å². The van der Waals surface area contributed by atoms with E-state index in [1.165, 1.54) is 5.56 Å². The Labute approximate surface area is 173 Å². The molecule has 0 fully saturated rings. The van der Waals surface area contributed by atoms with Gasteiger partial charge in [-0.15, -0.1) is 24.0 Å². The number of aromatic nitrogens is 2. The Kier molecular flexibility index (Phi) is 8.05. The summed E-state index contributed by atoms with van der Waals surface area (Å²) in [5.74, 6) is 1.97. The van der Waals surface area contributed by atoms with E-state index in [0.29, 0.717) is 24.2 Å². The van der Waals surface area contributed by atoms with Crippen LogP contribution in [0.3, 0.4) is 0 Å². The van der Waals surface area contributed by atoms with Crippen molar-refractivity contribution < 1.29 is 4.52 Å². The fourth-order valence-electron chi connectivity index (χ4n) is 2.31. The van der Waals surface area contributed by atoms with Gasteiger partial charge in [-0.05, 0) is 5.56 Å². The van der Waals surface area contributed by atoms with Gasteiger partial charge in [-0.1, -0.05) is 70.1 Å². The van der Waals surface area contributed by atoms with Crippen LogP contribution in [-0.2, 0) is 17.4 Å². The van der Waals surface area contributed by atoms with E-state index >= 15 is 0 Å². The quantitative estimate of drug-likeness (QED) is 0.396. The number of hydrogen-bond donors (Lipinski definition) is 2. The summed E-state index contributed by atoms with van der Waals surface area (Å²) in [6, 6.07) is 10.4. The Morgan fingerprint density at radius 1 is 1.08 bits per heavy atom. The van der Waals surface area contributed by atoms with E-state index in [-0.39, 0.29) is 34.8 Å². The van der Waals surface area contributed by atoms with Gasteiger partial charge in [0, 0.05) is 24.4 Å². The maximum Gasteiger partial charge on any atom is 0.232 e. The summed E-state index contributed by atoms with van der Waals surface area (Å²) in [7, 11) is 1.75. The van der Waals surface area contributed by atoms with Gasteiger partial charge in [0.05, 0.1) is 6.54 Å². The highest BCUT2D eigenvalue weighted by Crippen LogP contribution is 2.21. The molecule has 6 nitrogen and oxygen atoms in total. The lowest BCUT2D eigenvalue weighted by molar-refractivity contribution is 0.318. The van der Waals surface area contributed by atoms with Gasteiger partial charge in [-0.25, -0.2) is 0 Å². The molecular weight excluding hydrogens is 441 g/mol. The van der Waals surface area contributed by atoms with Crippen LogP contribution in [0.15, 0.2) is 39.8 Å². The minimum Gasteiger partial charge on any atom is -0.356 e. The van der Waals surface area contributed by atoms with Crippen LogP contribution < -0.4 is 10.6 Å². The molecular formula is C19H30IN5O. The summed E-state index contributed by atoms with van der Waals surface area (Å²) < 4.78 is 5.31. The second kappa shape index (κ2) is 9.34. The van der Waals surface area contributed by atoms with Crippen molar-refractivity contribution in [2.24, 2.45) is 4.99 Å². The molecule has 0 spiro atoms. The molecule has 2 rings (SSSR count). The van der Waals surface area contributed by atoms with Crippen molar-refractivity contribution in [1.29, 1.82) is 0 Å². The molecule has 0 bridgehead atoms. The summed E-state index contributed by atoms with van der Waals surface area (Å²) in [6.45, 7) is 11.8. The molecule has 1 aromatic carbocycles. The Balaban J connectivity index is 0.00000338. The predicted molar refractivity (Wildman–Crippen MR) is 116 cm³/mol. The molecule has 2 aromatic rings. The number of nitrogens with one attached hydrogen (secondary N) is 2. The van der Waals surface area contributed by atoms with Gasteiger partial charge in [0.25, 0.3) is 0 Å². The average Bonchev–Trinajstić information content (AvgIpc) is 3.05. The first-order valence-corrected chi connectivity index (χ1v) is 8.55. The lowest BCUT2D eigenvalue weighted by Crippen LogP contribution is -2.43. The van der Waals surface area contributed by atoms with Crippen molar-refractivity contribution in [1.82, 2.24) is 20.8 Å². The topological polar surface area (TPSA) is 75.3 Å². The monoisotopic (exact) mass is 471 g/mol. The van der Waals surface area contributed by atoms with Crippen LogP contribution in [0, 0.1) is 0 Å². The van der Waals surface area contributed by atoms with Gasteiger partial charge in [-0.2, -0.15) is 4.98 Å². The number of benzene rings is 1. The summed E-state index contributed by atoms with van der Waals surface area (Å²) in [4.78, 5) is 8.68. The summed E-state index contributed by atoms with van der Waals surface area (Å²) in [5.41, 5.74) is 1.13.